The van der Waals surface area contributed by atoms with Crippen LogP contribution in [-0.2, 0) is 16.1 Å². The van der Waals surface area contributed by atoms with Crippen LogP contribution in [0.1, 0.15) is 33.6 Å². The molecule has 1 saturated heterocycles. The quantitative estimate of drug-likeness (QED) is 0.773. The maximum absolute atomic E-state index is 12.6. The van der Waals surface area contributed by atoms with Crippen molar-refractivity contribution in [1.29, 1.82) is 0 Å². The fraction of sp³-hybridized carbons (Fsp3) is 0.550. The number of carbonyl (C=O) groups excluding carboxylic acids is 2. The van der Waals surface area contributed by atoms with Crippen molar-refractivity contribution in [2.75, 3.05) is 18.8 Å². The van der Waals surface area contributed by atoms with Gasteiger partial charge in [0.1, 0.15) is 6.54 Å². The Hall–Kier alpha value is -2.02. The molecule has 1 aliphatic heterocycles. The summed E-state index contributed by atoms with van der Waals surface area (Å²) in [7, 11) is 0. The van der Waals surface area contributed by atoms with Gasteiger partial charge in [-0.05, 0) is 44.7 Å². The molecule has 2 heterocycles. The predicted molar refractivity (Wildman–Crippen MR) is 109 cm³/mol. The third kappa shape index (κ3) is 5.03. The molecule has 27 heavy (non-hydrogen) atoms. The molecule has 0 radical (unpaired) electrons. The van der Waals surface area contributed by atoms with Gasteiger partial charge in [-0.15, -0.1) is 0 Å². The number of aromatic nitrogens is 2. The molecule has 6 nitrogen and oxygen atoms in total. The normalized spacial score (nSPS) is 17.5. The predicted octanol–water partition coefficient (Wildman–Crippen LogP) is 2.91. The Kier molecular flexibility index (Phi) is 6.42. The first kappa shape index (κ1) is 19.7. The van der Waals surface area contributed by atoms with Gasteiger partial charge in [0.15, 0.2) is 5.16 Å². The second-order valence-electron chi connectivity index (χ2n) is 7.57. The van der Waals surface area contributed by atoms with E-state index in [0.717, 1.165) is 30.5 Å². The zero-order valence-corrected chi connectivity index (χ0v) is 17.1. The highest BCUT2D eigenvalue weighted by atomic mass is 32.2. The highest BCUT2D eigenvalue weighted by molar-refractivity contribution is 7.99. The molecule has 2 aromatic rings. The summed E-state index contributed by atoms with van der Waals surface area (Å²) >= 11 is 1.42. The molecular formula is C20H28N4O2S. The number of piperidine rings is 1. The minimum atomic E-state index is -0.0498. The van der Waals surface area contributed by atoms with E-state index in [-0.39, 0.29) is 24.4 Å². The van der Waals surface area contributed by atoms with E-state index in [1.807, 2.05) is 47.6 Å². The molecule has 0 saturated carbocycles. The Morgan fingerprint density at radius 1 is 1.33 bits per heavy atom. The molecule has 7 heteroatoms. The molecule has 146 valence electrons. The van der Waals surface area contributed by atoms with Crippen molar-refractivity contribution in [3.63, 3.8) is 0 Å². The van der Waals surface area contributed by atoms with Gasteiger partial charge in [0.2, 0.25) is 11.8 Å². The zero-order chi connectivity index (χ0) is 19.4. The topological polar surface area (TPSA) is 67.2 Å². The lowest BCUT2D eigenvalue weighted by Crippen LogP contribution is -2.40. The summed E-state index contributed by atoms with van der Waals surface area (Å²) in [4.78, 5) is 31.5. The number of fused-ring (bicyclic) bond motifs is 1. The van der Waals surface area contributed by atoms with Crippen LogP contribution in [-0.4, -0.2) is 51.1 Å². The largest absolute Gasteiger partial charge is 0.352 e. The van der Waals surface area contributed by atoms with E-state index < -0.39 is 0 Å². The standard InChI is InChI=1S/C20H28N4O2S/c1-14(2)21-18(25)12-24-17-9-5-4-8-16(17)22-20(24)27-13-19(26)23-10-6-7-15(3)11-23/h4-5,8-9,14-15H,6-7,10-13H2,1-3H3,(H,21,25)/t15-/m1/s1. The highest BCUT2D eigenvalue weighted by Crippen LogP contribution is 2.25. The van der Waals surface area contributed by atoms with Gasteiger partial charge < -0.3 is 14.8 Å². The van der Waals surface area contributed by atoms with Crippen LogP contribution < -0.4 is 5.32 Å². The maximum Gasteiger partial charge on any atom is 0.240 e. The van der Waals surface area contributed by atoms with Gasteiger partial charge in [-0.2, -0.15) is 0 Å². The summed E-state index contributed by atoms with van der Waals surface area (Å²) in [5.74, 6) is 1.02. The average molecular weight is 389 g/mol. The average Bonchev–Trinajstić information content (AvgIpc) is 2.96. The number of thioether (sulfide) groups is 1. The van der Waals surface area contributed by atoms with Gasteiger partial charge in [-0.1, -0.05) is 30.8 Å². The molecule has 1 fully saturated rings. The fourth-order valence-corrected chi connectivity index (χ4v) is 4.38. The summed E-state index contributed by atoms with van der Waals surface area (Å²) in [6, 6.07) is 7.86. The lowest BCUT2D eigenvalue weighted by atomic mass is 10.0. The molecule has 3 rings (SSSR count). The second-order valence-corrected chi connectivity index (χ2v) is 8.51. The van der Waals surface area contributed by atoms with Gasteiger partial charge in [0.05, 0.1) is 16.8 Å². The van der Waals surface area contributed by atoms with E-state index in [4.69, 9.17) is 0 Å². The Balaban J connectivity index is 1.74. The van der Waals surface area contributed by atoms with Crippen molar-refractivity contribution in [3.8, 4) is 0 Å². The van der Waals surface area contributed by atoms with Gasteiger partial charge in [-0.3, -0.25) is 9.59 Å². The summed E-state index contributed by atoms with van der Waals surface area (Å²) in [5.41, 5.74) is 1.76. The van der Waals surface area contributed by atoms with Crippen molar-refractivity contribution in [3.05, 3.63) is 24.3 Å². The van der Waals surface area contributed by atoms with E-state index >= 15 is 0 Å². The Morgan fingerprint density at radius 2 is 2.11 bits per heavy atom. The van der Waals surface area contributed by atoms with Crippen LogP contribution in [0.5, 0.6) is 0 Å². The number of nitrogens with one attached hydrogen (secondary N) is 1. The maximum atomic E-state index is 12.6. The third-order valence-corrected chi connectivity index (χ3v) is 5.67. The molecule has 0 aliphatic carbocycles. The van der Waals surface area contributed by atoms with Crippen LogP contribution in [0.2, 0.25) is 0 Å². The fourth-order valence-electron chi connectivity index (χ4n) is 3.46. The monoisotopic (exact) mass is 388 g/mol. The number of hydrogen-bond donors (Lipinski definition) is 1. The highest BCUT2D eigenvalue weighted by Gasteiger charge is 2.22. The van der Waals surface area contributed by atoms with E-state index in [1.165, 1.54) is 18.2 Å². The first-order valence-electron chi connectivity index (χ1n) is 9.59. The van der Waals surface area contributed by atoms with E-state index in [1.54, 1.807) is 0 Å². The van der Waals surface area contributed by atoms with Crippen molar-refractivity contribution >= 4 is 34.6 Å². The lowest BCUT2D eigenvalue weighted by Gasteiger charge is -2.30. The first-order valence-corrected chi connectivity index (χ1v) is 10.6. The summed E-state index contributed by atoms with van der Waals surface area (Å²) < 4.78 is 1.91. The number of para-hydroxylation sites is 2. The molecule has 2 amide bonds. The molecule has 1 atom stereocenters. The molecule has 1 aromatic heterocycles. The molecule has 1 aromatic carbocycles. The number of nitrogens with zero attached hydrogens (tertiary/aromatic N) is 3. The van der Waals surface area contributed by atoms with Crippen LogP contribution in [0, 0.1) is 5.92 Å². The van der Waals surface area contributed by atoms with E-state index in [2.05, 4.69) is 17.2 Å². The number of likely N-dealkylation sites (tertiary alicyclic amines) is 1. The summed E-state index contributed by atoms with van der Waals surface area (Å²) in [5, 5.41) is 3.64. The van der Waals surface area contributed by atoms with Gasteiger partial charge in [0, 0.05) is 19.1 Å². The van der Waals surface area contributed by atoms with Crippen molar-refractivity contribution in [1.82, 2.24) is 19.8 Å². The Labute approximate surface area is 164 Å². The van der Waals surface area contributed by atoms with Gasteiger partial charge >= 0.3 is 0 Å². The summed E-state index contributed by atoms with van der Waals surface area (Å²) in [6.45, 7) is 7.97. The minimum absolute atomic E-state index is 0.0498. The van der Waals surface area contributed by atoms with Crippen LogP contribution in [0.3, 0.4) is 0 Å². The van der Waals surface area contributed by atoms with Crippen molar-refractivity contribution in [2.45, 2.75) is 51.4 Å². The first-order chi connectivity index (χ1) is 12.9. The Bertz CT molecular complexity index is 817. The number of benzene rings is 1. The van der Waals surface area contributed by atoms with Crippen molar-refractivity contribution < 1.29 is 9.59 Å². The van der Waals surface area contributed by atoms with E-state index in [0.29, 0.717) is 16.8 Å². The molecule has 1 aliphatic rings. The lowest BCUT2D eigenvalue weighted by molar-refractivity contribution is -0.130. The Morgan fingerprint density at radius 3 is 2.85 bits per heavy atom. The molecule has 0 spiro atoms. The van der Waals surface area contributed by atoms with Crippen LogP contribution in [0.4, 0.5) is 0 Å². The summed E-state index contributed by atoms with van der Waals surface area (Å²) in [6.07, 6.45) is 2.27. The van der Waals surface area contributed by atoms with Crippen LogP contribution >= 0.6 is 11.8 Å². The van der Waals surface area contributed by atoms with Crippen LogP contribution in [0.25, 0.3) is 11.0 Å². The molecular weight excluding hydrogens is 360 g/mol. The van der Waals surface area contributed by atoms with E-state index in [9.17, 15) is 9.59 Å². The number of carbonyl (C=O) groups is 2. The molecule has 1 N–H and O–H groups in total. The second kappa shape index (κ2) is 8.78. The third-order valence-electron chi connectivity index (χ3n) is 4.71. The zero-order valence-electron chi connectivity index (χ0n) is 16.3. The number of imidazole rings is 1. The molecule has 0 bridgehead atoms. The number of hydrogen-bond acceptors (Lipinski definition) is 4. The number of amides is 2. The van der Waals surface area contributed by atoms with Crippen LogP contribution in [0.15, 0.2) is 29.4 Å². The molecule has 0 unspecified atom stereocenters. The van der Waals surface area contributed by atoms with Gasteiger partial charge in [0.25, 0.3) is 0 Å². The van der Waals surface area contributed by atoms with Gasteiger partial charge in [-0.25, -0.2) is 4.98 Å². The SMILES string of the molecule is CC(C)NC(=O)Cn1c(SCC(=O)N2CCC[C@@H](C)C2)nc2ccccc21. The van der Waals surface area contributed by atoms with Crippen molar-refractivity contribution in [2.24, 2.45) is 5.92 Å². The minimum Gasteiger partial charge on any atom is -0.352 e. The smallest absolute Gasteiger partial charge is 0.240 e. The number of rotatable bonds is 6.